The van der Waals surface area contributed by atoms with Gasteiger partial charge in [-0.2, -0.15) is 5.10 Å². The lowest BCUT2D eigenvalue weighted by molar-refractivity contribution is -0.120. The standard InChI is InChI=1S/C15H16N2O2/c18-14-7-3-5-11(14)8-9-17-15(19)13-6-2-1-4-12(13)10-16-17/h1-2,4,6,10-11H,3,5,7-9H2. The van der Waals surface area contributed by atoms with Crippen LogP contribution in [-0.4, -0.2) is 15.6 Å². The summed E-state index contributed by atoms with van der Waals surface area (Å²) in [6, 6.07) is 7.45. The van der Waals surface area contributed by atoms with Crippen LogP contribution in [-0.2, 0) is 11.3 Å². The van der Waals surface area contributed by atoms with Crippen LogP contribution in [0.1, 0.15) is 25.7 Å². The third-order valence-electron chi connectivity index (χ3n) is 3.88. The third-order valence-corrected chi connectivity index (χ3v) is 3.88. The molecular weight excluding hydrogens is 240 g/mol. The zero-order valence-electron chi connectivity index (χ0n) is 10.7. The highest BCUT2D eigenvalue weighted by Gasteiger charge is 2.24. The van der Waals surface area contributed by atoms with Gasteiger partial charge in [0.1, 0.15) is 5.78 Å². The monoisotopic (exact) mass is 256 g/mol. The predicted molar refractivity (Wildman–Crippen MR) is 73.0 cm³/mol. The molecule has 1 atom stereocenters. The predicted octanol–water partition coefficient (Wildman–Crippen LogP) is 2.16. The van der Waals surface area contributed by atoms with Crippen LogP contribution in [0, 0.1) is 5.92 Å². The minimum Gasteiger partial charge on any atom is -0.299 e. The smallest absolute Gasteiger partial charge is 0.274 e. The molecule has 3 rings (SSSR count). The van der Waals surface area contributed by atoms with Crippen LogP contribution in [0.4, 0.5) is 0 Å². The fraction of sp³-hybridized carbons (Fsp3) is 0.400. The molecule has 4 heteroatoms. The summed E-state index contributed by atoms with van der Waals surface area (Å²) in [5, 5.41) is 5.74. The largest absolute Gasteiger partial charge is 0.299 e. The molecule has 0 spiro atoms. The molecule has 98 valence electrons. The lowest BCUT2D eigenvalue weighted by Gasteiger charge is -2.09. The normalized spacial score (nSPS) is 19.2. The molecule has 1 aliphatic carbocycles. The minimum atomic E-state index is -0.0662. The van der Waals surface area contributed by atoms with Crippen molar-refractivity contribution in [3.8, 4) is 0 Å². The zero-order chi connectivity index (χ0) is 13.2. The summed E-state index contributed by atoms with van der Waals surface area (Å²) in [6.45, 7) is 0.528. The number of aryl methyl sites for hydroxylation is 1. The minimum absolute atomic E-state index is 0.0662. The van der Waals surface area contributed by atoms with Gasteiger partial charge in [-0.1, -0.05) is 18.2 Å². The Bertz CT molecular complexity index is 675. The topological polar surface area (TPSA) is 52.0 Å². The van der Waals surface area contributed by atoms with Gasteiger partial charge in [0.25, 0.3) is 5.56 Å². The van der Waals surface area contributed by atoms with Crippen molar-refractivity contribution in [2.24, 2.45) is 5.92 Å². The summed E-state index contributed by atoms with van der Waals surface area (Å²) in [5.74, 6) is 0.467. The first-order valence-electron chi connectivity index (χ1n) is 6.73. The highest BCUT2D eigenvalue weighted by Crippen LogP contribution is 2.24. The number of carbonyl (C=O) groups excluding carboxylic acids is 1. The summed E-state index contributed by atoms with van der Waals surface area (Å²) in [4.78, 5) is 23.8. The van der Waals surface area contributed by atoms with Crippen molar-refractivity contribution in [2.45, 2.75) is 32.2 Å². The van der Waals surface area contributed by atoms with Crippen LogP contribution in [0.2, 0.25) is 0 Å². The van der Waals surface area contributed by atoms with Gasteiger partial charge in [-0.3, -0.25) is 9.59 Å². The van der Waals surface area contributed by atoms with E-state index < -0.39 is 0 Å². The molecule has 1 aliphatic rings. The average molecular weight is 256 g/mol. The van der Waals surface area contributed by atoms with E-state index in [-0.39, 0.29) is 11.5 Å². The molecule has 1 heterocycles. The number of nitrogens with zero attached hydrogens (tertiary/aromatic N) is 2. The maximum atomic E-state index is 12.2. The quantitative estimate of drug-likeness (QED) is 0.845. The van der Waals surface area contributed by atoms with E-state index in [9.17, 15) is 9.59 Å². The number of benzene rings is 1. The van der Waals surface area contributed by atoms with Gasteiger partial charge in [-0.15, -0.1) is 0 Å². The Morgan fingerprint density at radius 1 is 1.26 bits per heavy atom. The van der Waals surface area contributed by atoms with Crippen molar-refractivity contribution < 1.29 is 4.79 Å². The summed E-state index contributed by atoms with van der Waals surface area (Å²) in [7, 11) is 0. The van der Waals surface area contributed by atoms with Gasteiger partial charge < -0.3 is 0 Å². The summed E-state index contributed by atoms with van der Waals surface area (Å²) >= 11 is 0. The van der Waals surface area contributed by atoms with E-state index in [1.165, 1.54) is 4.68 Å². The van der Waals surface area contributed by atoms with Crippen molar-refractivity contribution in [3.63, 3.8) is 0 Å². The number of hydrogen-bond donors (Lipinski definition) is 0. The number of hydrogen-bond acceptors (Lipinski definition) is 3. The van der Waals surface area contributed by atoms with Crippen molar-refractivity contribution in [1.82, 2.24) is 9.78 Å². The lowest BCUT2D eigenvalue weighted by Crippen LogP contribution is -2.24. The molecule has 4 nitrogen and oxygen atoms in total. The van der Waals surface area contributed by atoms with Crippen molar-refractivity contribution in [1.29, 1.82) is 0 Å². The number of ketones is 1. The highest BCUT2D eigenvalue weighted by molar-refractivity contribution is 5.82. The second-order valence-corrected chi connectivity index (χ2v) is 5.10. The van der Waals surface area contributed by atoms with E-state index in [4.69, 9.17) is 0 Å². The maximum absolute atomic E-state index is 12.2. The molecule has 19 heavy (non-hydrogen) atoms. The number of fused-ring (bicyclic) bond motifs is 1. The molecule has 1 unspecified atom stereocenters. The molecule has 1 saturated carbocycles. The lowest BCUT2D eigenvalue weighted by atomic mass is 10.0. The first kappa shape index (κ1) is 12.1. The Hall–Kier alpha value is -1.97. The molecule has 1 aromatic heterocycles. The van der Waals surface area contributed by atoms with Gasteiger partial charge in [0.15, 0.2) is 0 Å². The second kappa shape index (κ2) is 4.96. The molecule has 1 fully saturated rings. The van der Waals surface area contributed by atoms with E-state index in [1.54, 1.807) is 6.20 Å². The molecule has 0 aliphatic heterocycles. The molecular formula is C15H16N2O2. The zero-order valence-corrected chi connectivity index (χ0v) is 10.7. The van der Waals surface area contributed by atoms with Crippen LogP contribution < -0.4 is 5.56 Å². The maximum Gasteiger partial charge on any atom is 0.274 e. The highest BCUT2D eigenvalue weighted by atomic mass is 16.1. The Kier molecular flexibility index (Phi) is 3.15. The fourth-order valence-electron chi connectivity index (χ4n) is 2.76. The summed E-state index contributed by atoms with van der Waals surface area (Å²) in [6.07, 6.45) is 5.09. The number of Topliss-reactive ketones (excluding diaryl/α,β-unsaturated/α-hetero) is 1. The van der Waals surface area contributed by atoms with Crippen molar-refractivity contribution in [3.05, 3.63) is 40.8 Å². The first-order chi connectivity index (χ1) is 9.25. The van der Waals surface area contributed by atoms with Gasteiger partial charge in [-0.25, -0.2) is 4.68 Å². The van der Waals surface area contributed by atoms with Crippen LogP contribution in [0.3, 0.4) is 0 Å². The molecule has 1 aromatic carbocycles. The van der Waals surface area contributed by atoms with Crippen LogP contribution in [0.15, 0.2) is 35.3 Å². The SMILES string of the molecule is O=C1CCCC1CCn1ncc2ccccc2c1=O. The average Bonchev–Trinajstić information content (AvgIpc) is 2.84. The van der Waals surface area contributed by atoms with Crippen molar-refractivity contribution >= 4 is 16.6 Å². The Morgan fingerprint density at radius 3 is 2.89 bits per heavy atom. The Labute approximate surface area is 111 Å². The number of carbonyl (C=O) groups is 1. The third kappa shape index (κ3) is 2.30. The van der Waals surface area contributed by atoms with Gasteiger partial charge in [0.2, 0.25) is 0 Å². The molecule has 0 amide bonds. The molecule has 0 radical (unpaired) electrons. The van der Waals surface area contributed by atoms with E-state index >= 15 is 0 Å². The molecule has 0 saturated heterocycles. The van der Waals surface area contributed by atoms with E-state index in [0.29, 0.717) is 24.1 Å². The number of aromatic nitrogens is 2. The summed E-state index contributed by atoms with van der Waals surface area (Å²) < 4.78 is 1.48. The fourth-order valence-corrected chi connectivity index (χ4v) is 2.76. The van der Waals surface area contributed by atoms with Gasteiger partial charge in [0.05, 0.1) is 11.6 Å². The van der Waals surface area contributed by atoms with E-state index in [0.717, 1.165) is 24.6 Å². The Balaban J connectivity index is 1.83. The van der Waals surface area contributed by atoms with Crippen molar-refractivity contribution in [2.75, 3.05) is 0 Å². The van der Waals surface area contributed by atoms with Gasteiger partial charge in [0, 0.05) is 24.3 Å². The van der Waals surface area contributed by atoms with E-state index in [2.05, 4.69) is 5.10 Å². The molecule has 2 aromatic rings. The first-order valence-corrected chi connectivity index (χ1v) is 6.73. The van der Waals surface area contributed by atoms with Crippen LogP contribution in [0.5, 0.6) is 0 Å². The Morgan fingerprint density at radius 2 is 2.11 bits per heavy atom. The van der Waals surface area contributed by atoms with Crippen LogP contribution >= 0.6 is 0 Å². The molecule has 0 N–H and O–H groups in total. The van der Waals surface area contributed by atoms with E-state index in [1.807, 2.05) is 24.3 Å². The second-order valence-electron chi connectivity index (χ2n) is 5.10. The van der Waals surface area contributed by atoms with Crippen LogP contribution in [0.25, 0.3) is 10.8 Å². The number of rotatable bonds is 3. The summed E-state index contributed by atoms with van der Waals surface area (Å²) in [5.41, 5.74) is -0.0662. The van der Waals surface area contributed by atoms with Gasteiger partial charge >= 0.3 is 0 Å². The molecule has 0 bridgehead atoms. The van der Waals surface area contributed by atoms with Gasteiger partial charge in [-0.05, 0) is 25.3 Å².